The zero-order valence-corrected chi connectivity index (χ0v) is 28.7. The van der Waals surface area contributed by atoms with Crippen LogP contribution in [0.5, 0.6) is 0 Å². The molecule has 0 saturated heterocycles. The lowest BCUT2D eigenvalue weighted by Crippen LogP contribution is -2.26. The van der Waals surface area contributed by atoms with E-state index in [0.29, 0.717) is 0 Å². The topological polar surface area (TPSA) is 17.1 Å². The summed E-state index contributed by atoms with van der Waals surface area (Å²) in [5.74, 6) is 0.0973. The summed E-state index contributed by atoms with van der Waals surface area (Å²) < 4.78 is 0. The Morgan fingerprint density at radius 3 is 1.26 bits per heavy atom. The van der Waals surface area contributed by atoms with Gasteiger partial charge in [0.05, 0.1) is 0 Å². The average molecular weight is 603 g/mol. The van der Waals surface area contributed by atoms with Crippen molar-refractivity contribution in [3.8, 4) is 22.3 Å². The van der Waals surface area contributed by atoms with Crippen LogP contribution in [0.2, 0.25) is 0 Å². The third-order valence-corrected chi connectivity index (χ3v) is 10.7. The first-order valence-electron chi connectivity index (χ1n) is 16.6. The van der Waals surface area contributed by atoms with Crippen LogP contribution in [0.3, 0.4) is 0 Å². The van der Waals surface area contributed by atoms with E-state index in [1.54, 1.807) is 0 Å². The highest BCUT2D eigenvalue weighted by molar-refractivity contribution is 6.13. The zero-order chi connectivity index (χ0) is 32.8. The predicted octanol–water partition coefficient (Wildman–Crippen LogP) is 11.6. The summed E-state index contributed by atoms with van der Waals surface area (Å²) in [6, 6.07) is 21.5. The number of allylic oxidation sites excluding steroid dienone is 8. The first-order chi connectivity index (χ1) is 22.0. The highest BCUT2D eigenvalue weighted by Crippen LogP contribution is 2.45. The second-order valence-corrected chi connectivity index (χ2v) is 14.0. The standard InChI is InChI=1S/C45H46O/c1-29-19-11-13-21-35(29)37-27-39(33(5)41(31(37)3)44(7)23-15-9-16-24-44)43(46)40-28-38(36-22-14-12-20-30(36)2)32(4)42(34(40)6)45(8)25-17-10-18-26-45/h9-23,25,27-28H,24,26H2,1-8H3. The normalized spacial score (nSPS) is 20.3. The van der Waals surface area contributed by atoms with Crippen LogP contribution < -0.4 is 0 Å². The van der Waals surface area contributed by atoms with E-state index in [1.807, 2.05) is 0 Å². The fourth-order valence-corrected chi connectivity index (χ4v) is 8.29. The Kier molecular flexibility index (Phi) is 8.23. The molecule has 2 aliphatic carbocycles. The fraction of sp³-hybridized carbons (Fsp3) is 0.267. The van der Waals surface area contributed by atoms with E-state index >= 15 is 4.79 Å². The van der Waals surface area contributed by atoms with Crippen LogP contribution in [0.1, 0.15) is 87.1 Å². The van der Waals surface area contributed by atoms with Crippen LogP contribution >= 0.6 is 0 Å². The molecule has 2 atom stereocenters. The summed E-state index contributed by atoms with van der Waals surface area (Å²) in [5.41, 5.74) is 15.4. The maximum Gasteiger partial charge on any atom is 0.193 e. The van der Waals surface area contributed by atoms with E-state index in [4.69, 9.17) is 0 Å². The number of ketones is 1. The lowest BCUT2D eigenvalue weighted by atomic mass is 9.69. The van der Waals surface area contributed by atoms with E-state index < -0.39 is 0 Å². The Hall–Kier alpha value is -4.49. The molecule has 6 rings (SSSR count). The van der Waals surface area contributed by atoms with Gasteiger partial charge in [0.1, 0.15) is 0 Å². The molecule has 0 radical (unpaired) electrons. The van der Waals surface area contributed by atoms with Crippen LogP contribution in [0.25, 0.3) is 22.3 Å². The monoisotopic (exact) mass is 602 g/mol. The number of aryl methyl sites for hydroxylation is 2. The van der Waals surface area contributed by atoms with Gasteiger partial charge in [-0.2, -0.15) is 0 Å². The first-order valence-corrected chi connectivity index (χ1v) is 16.6. The minimum Gasteiger partial charge on any atom is -0.289 e. The maximum atomic E-state index is 15.3. The van der Waals surface area contributed by atoms with E-state index in [9.17, 15) is 0 Å². The van der Waals surface area contributed by atoms with Crippen molar-refractivity contribution in [3.05, 3.63) is 165 Å². The number of rotatable bonds is 6. The summed E-state index contributed by atoms with van der Waals surface area (Å²) in [6.07, 6.45) is 19.5. The van der Waals surface area contributed by atoms with Gasteiger partial charge in [-0.3, -0.25) is 4.79 Å². The molecule has 0 saturated carbocycles. The summed E-state index contributed by atoms with van der Waals surface area (Å²) in [5, 5.41) is 0. The minimum absolute atomic E-state index is 0.0973. The number of benzene rings is 4. The molecule has 0 bridgehead atoms. The van der Waals surface area contributed by atoms with Crippen LogP contribution in [0, 0.1) is 41.5 Å². The van der Waals surface area contributed by atoms with Gasteiger partial charge in [0.25, 0.3) is 0 Å². The lowest BCUT2D eigenvalue weighted by molar-refractivity contribution is 0.103. The SMILES string of the molecule is Cc1ccccc1-c1cc(C(=O)c2cc(-c3ccccc3C)c(C)c(C3(C)C=CC=CC3)c2C)c(C)c(C2(C)C=CC=CC2)c1C. The van der Waals surface area contributed by atoms with Crippen LogP contribution in [0.15, 0.2) is 109 Å². The second-order valence-electron chi connectivity index (χ2n) is 14.0. The van der Waals surface area contributed by atoms with Crippen molar-refractivity contribution in [3.63, 3.8) is 0 Å². The molecule has 0 N–H and O–H groups in total. The van der Waals surface area contributed by atoms with Gasteiger partial charge in [-0.1, -0.05) is 111 Å². The first kappa shape index (κ1) is 31.5. The smallest absolute Gasteiger partial charge is 0.193 e. The number of hydrogen-bond donors (Lipinski definition) is 0. The van der Waals surface area contributed by atoms with Crippen molar-refractivity contribution in [1.82, 2.24) is 0 Å². The van der Waals surface area contributed by atoms with Crippen LogP contribution in [0.4, 0.5) is 0 Å². The Labute approximate surface area is 276 Å². The fourth-order valence-electron chi connectivity index (χ4n) is 8.29. The average Bonchev–Trinajstić information content (AvgIpc) is 3.03. The van der Waals surface area contributed by atoms with Gasteiger partial charge in [0, 0.05) is 22.0 Å². The zero-order valence-electron chi connectivity index (χ0n) is 28.7. The predicted molar refractivity (Wildman–Crippen MR) is 196 cm³/mol. The molecule has 1 heteroatoms. The van der Waals surface area contributed by atoms with Crippen molar-refractivity contribution in [2.75, 3.05) is 0 Å². The third kappa shape index (κ3) is 5.26. The molecule has 4 aromatic carbocycles. The number of hydrogen-bond acceptors (Lipinski definition) is 1. The van der Waals surface area contributed by atoms with Gasteiger partial charge in [0.15, 0.2) is 5.78 Å². The Bertz CT molecular complexity index is 1850. The van der Waals surface area contributed by atoms with E-state index in [-0.39, 0.29) is 16.6 Å². The summed E-state index contributed by atoms with van der Waals surface area (Å²) in [7, 11) is 0. The third-order valence-electron chi connectivity index (χ3n) is 10.7. The molecule has 2 unspecified atom stereocenters. The molecule has 4 aromatic rings. The highest BCUT2D eigenvalue weighted by atomic mass is 16.1. The second kappa shape index (κ2) is 12.0. The Morgan fingerprint density at radius 1 is 0.522 bits per heavy atom. The van der Waals surface area contributed by atoms with E-state index in [1.165, 1.54) is 44.5 Å². The molecule has 0 fully saturated rings. The van der Waals surface area contributed by atoms with Gasteiger partial charge in [-0.25, -0.2) is 0 Å². The molecule has 232 valence electrons. The highest BCUT2D eigenvalue weighted by Gasteiger charge is 2.34. The summed E-state index contributed by atoms with van der Waals surface area (Å²) in [4.78, 5) is 15.3. The molecule has 2 aliphatic rings. The van der Waals surface area contributed by atoms with Gasteiger partial charge >= 0.3 is 0 Å². The Morgan fingerprint density at radius 2 is 0.913 bits per heavy atom. The molecule has 0 aliphatic heterocycles. The largest absolute Gasteiger partial charge is 0.289 e. The van der Waals surface area contributed by atoms with E-state index in [2.05, 4.69) is 165 Å². The molecular weight excluding hydrogens is 556 g/mol. The quantitative estimate of drug-likeness (QED) is 0.201. The molecule has 46 heavy (non-hydrogen) atoms. The van der Waals surface area contributed by atoms with Gasteiger partial charge < -0.3 is 0 Å². The Balaban J connectivity index is 1.66. The van der Waals surface area contributed by atoms with Crippen molar-refractivity contribution < 1.29 is 4.79 Å². The summed E-state index contributed by atoms with van der Waals surface area (Å²) in [6.45, 7) is 17.8. The van der Waals surface area contributed by atoms with Crippen LogP contribution in [-0.2, 0) is 10.8 Å². The molecule has 0 heterocycles. The van der Waals surface area contributed by atoms with Crippen molar-refractivity contribution in [1.29, 1.82) is 0 Å². The van der Waals surface area contributed by atoms with Gasteiger partial charge in [-0.15, -0.1) is 0 Å². The van der Waals surface area contributed by atoms with Crippen molar-refractivity contribution in [2.24, 2.45) is 0 Å². The van der Waals surface area contributed by atoms with Crippen molar-refractivity contribution >= 4 is 5.78 Å². The number of carbonyl (C=O) groups excluding carboxylic acids is 1. The molecule has 0 spiro atoms. The number of carbonyl (C=O) groups is 1. The van der Waals surface area contributed by atoms with Crippen LogP contribution in [-0.4, -0.2) is 5.78 Å². The molecule has 0 amide bonds. The maximum absolute atomic E-state index is 15.3. The van der Waals surface area contributed by atoms with E-state index in [0.717, 1.165) is 46.2 Å². The summed E-state index contributed by atoms with van der Waals surface area (Å²) >= 11 is 0. The van der Waals surface area contributed by atoms with Crippen molar-refractivity contribution in [2.45, 2.75) is 79.1 Å². The lowest BCUT2D eigenvalue weighted by Gasteiger charge is -2.34. The van der Waals surface area contributed by atoms with Gasteiger partial charge in [0.2, 0.25) is 0 Å². The molecular formula is C45H46O. The minimum atomic E-state index is -0.205. The molecule has 1 nitrogen and oxygen atoms in total. The molecule has 0 aromatic heterocycles. The van der Waals surface area contributed by atoms with Gasteiger partial charge in [-0.05, 0) is 133 Å².